The van der Waals surface area contributed by atoms with Crippen molar-refractivity contribution in [2.45, 2.75) is 12.5 Å². The Morgan fingerprint density at radius 1 is 1.25 bits per heavy atom. The molecule has 2 fully saturated rings. The lowest BCUT2D eigenvalue weighted by Gasteiger charge is -2.37. The minimum Gasteiger partial charge on any atom is -0.495 e. The highest BCUT2D eigenvalue weighted by Crippen LogP contribution is 2.34. The second kappa shape index (κ2) is 7.98. The van der Waals surface area contributed by atoms with E-state index in [2.05, 4.69) is 10.3 Å². The third kappa shape index (κ3) is 3.45. The molecule has 2 saturated heterocycles. The van der Waals surface area contributed by atoms with E-state index in [-0.39, 0.29) is 30.2 Å². The van der Waals surface area contributed by atoms with Crippen LogP contribution in [0.3, 0.4) is 0 Å². The predicted molar refractivity (Wildman–Crippen MR) is 105 cm³/mol. The number of carbonyl (C=O) groups excluding carboxylic acids is 2. The smallest absolute Gasteiger partial charge is 0.228 e. The van der Waals surface area contributed by atoms with E-state index >= 15 is 0 Å². The lowest BCUT2D eigenvalue weighted by molar-refractivity contribution is -0.139. The zero-order valence-electron chi connectivity index (χ0n) is 15.9. The quantitative estimate of drug-likeness (QED) is 0.872. The fourth-order valence-electron chi connectivity index (χ4n) is 4.03. The molecular formula is C21H24N4O3. The van der Waals surface area contributed by atoms with Gasteiger partial charge in [0.1, 0.15) is 5.75 Å². The number of carbonyl (C=O) groups is 2. The highest BCUT2D eigenvalue weighted by atomic mass is 16.5. The summed E-state index contributed by atoms with van der Waals surface area (Å²) in [4.78, 5) is 33.8. The largest absolute Gasteiger partial charge is 0.495 e. The molecule has 0 radical (unpaired) electrons. The zero-order chi connectivity index (χ0) is 19.5. The van der Waals surface area contributed by atoms with Gasteiger partial charge in [-0.3, -0.25) is 14.6 Å². The molecule has 2 aliphatic rings. The van der Waals surface area contributed by atoms with Crippen molar-refractivity contribution in [3.8, 4) is 5.75 Å². The Kier molecular flexibility index (Phi) is 5.25. The van der Waals surface area contributed by atoms with Crippen LogP contribution in [0.25, 0.3) is 0 Å². The van der Waals surface area contributed by atoms with Gasteiger partial charge in [0.05, 0.1) is 24.8 Å². The van der Waals surface area contributed by atoms with E-state index in [0.717, 1.165) is 17.8 Å². The van der Waals surface area contributed by atoms with Gasteiger partial charge in [0.25, 0.3) is 0 Å². The topological polar surface area (TPSA) is 74.8 Å². The number of nitrogens with one attached hydrogen (secondary N) is 1. The van der Waals surface area contributed by atoms with Gasteiger partial charge in [0.15, 0.2) is 0 Å². The summed E-state index contributed by atoms with van der Waals surface area (Å²) < 4.78 is 5.39. The van der Waals surface area contributed by atoms with Gasteiger partial charge in [-0.15, -0.1) is 0 Å². The number of hydrogen-bond acceptors (Lipinski definition) is 5. The number of ether oxygens (including phenoxy) is 1. The van der Waals surface area contributed by atoms with E-state index in [0.29, 0.717) is 25.4 Å². The third-order valence-corrected chi connectivity index (χ3v) is 5.45. The molecule has 1 aromatic carbocycles. The number of amides is 2. The summed E-state index contributed by atoms with van der Waals surface area (Å²) >= 11 is 0. The molecule has 1 aromatic heterocycles. The molecule has 1 N–H and O–H groups in total. The Morgan fingerprint density at radius 3 is 2.89 bits per heavy atom. The lowest BCUT2D eigenvalue weighted by atomic mass is 10.0. The fourth-order valence-corrected chi connectivity index (χ4v) is 4.03. The number of nitrogens with zero attached hydrogens (tertiary/aromatic N) is 3. The molecule has 7 nitrogen and oxygen atoms in total. The summed E-state index contributed by atoms with van der Waals surface area (Å²) in [5, 5.41) is 3.35. The maximum absolute atomic E-state index is 13.3. The maximum Gasteiger partial charge on any atom is 0.228 e. The van der Waals surface area contributed by atoms with Gasteiger partial charge >= 0.3 is 0 Å². The Labute approximate surface area is 164 Å². The molecule has 2 unspecified atom stereocenters. The van der Waals surface area contributed by atoms with Gasteiger partial charge < -0.3 is 19.9 Å². The van der Waals surface area contributed by atoms with Crippen molar-refractivity contribution in [2.75, 3.05) is 38.2 Å². The van der Waals surface area contributed by atoms with Crippen LogP contribution in [0, 0.1) is 5.92 Å². The SMILES string of the molecule is COc1ccccc1N1CC(C(=O)N2CCNCC2c2cccnc2)CC1=O. The molecule has 0 bridgehead atoms. The van der Waals surface area contributed by atoms with E-state index in [1.807, 2.05) is 41.3 Å². The Hall–Kier alpha value is -2.93. The summed E-state index contributed by atoms with van der Waals surface area (Å²) in [7, 11) is 1.58. The first-order valence-electron chi connectivity index (χ1n) is 9.53. The third-order valence-electron chi connectivity index (χ3n) is 5.45. The van der Waals surface area contributed by atoms with Crippen LogP contribution in [-0.2, 0) is 9.59 Å². The second-order valence-corrected chi connectivity index (χ2v) is 7.12. The highest BCUT2D eigenvalue weighted by molar-refractivity contribution is 6.01. The molecule has 0 saturated carbocycles. The van der Waals surface area contributed by atoms with Crippen molar-refractivity contribution in [3.05, 3.63) is 54.4 Å². The number of benzene rings is 1. The minimum absolute atomic E-state index is 0.0288. The molecule has 3 heterocycles. The van der Waals surface area contributed by atoms with Crippen LogP contribution in [0.5, 0.6) is 5.75 Å². The van der Waals surface area contributed by atoms with Crippen LogP contribution in [0.4, 0.5) is 5.69 Å². The van der Waals surface area contributed by atoms with Crippen molar-refractivity contribution < 1.29 is 14.3 Å². The van der Waals surface area contributed by atoms with E-state index in [4.69, 9.17) is 4.74 Å². The first-order valence-corrected chi connectivity index (χ1v) is 9.53. The molecule has 28 heavy (non-hydrogen) atoms. The number of hydrogen-bond donors (Lipinski definition) is 1. The average Bonchev–Trinajstić information content (AvgIpc) is 3.15. The number of pyridine rings is 1. The van der Waals surface area contributed by atoms with Gasteiger partial charge in [-0.05, 0) is 23.8 Å². The predicted octanol–water partition coefficient (Wildman–Crippen LogP) is 1.62. The van der Waals surface area contributed by atoms with Crippen molar-refractivity contribution in [2.24, 2.45) is 5.92 Å². The van der Waals surface area contributed by atoms with Gasteiger partial charge in [-0.1, -0.05) is 18.2 Å². The number of aromatic nitrogens is 1. The van der Waals surface area contributed by atoms with Gasteiger partial charge in [-0.25, -0.2) is 0 Å². The second-order valence-electron chi connectivity index (χ2n) is 7.12. The molecule has 2 atom stereocenters. The zero-order valence-corrected chi connectivity index (χ0v) is 15.9. The number of anilines is 1. The first-order chi connectivity index (χ1) is 13.7. The molecule has 2 aromatic rings. The van der Waals surface area contributed by atoms with Crippen molar-refractivity contribution in [3.63, 3.8) is 0 Å². The Morgan fingerprint density at radius 2 is 2.11 bits per heavy atom. The van der Waals surface area contributed by atoms with E-state index < -0.39 is 0 Å². The number of para-hydroxylation sites is 2. The van der Waals surface area contributed by atoms with Gasteiger partial charge in [0, 0.05) is 45.0 Å². The number of piperazine rings is 1. The van der Waals surface area contributed by atoms with Crippen molar-refractivity contribution in [1.29, 1.82) is 0 Å². The van der Waals surface area contributed by atoms with Crippen LogP contribution in [0.1, 0.15) is 18.0 Å². The molecule has 7 heteroatoms. The van der Waals surface area contributed by atoms with Crippen LogP contribution in [0.15, 0.2) is 48.8 Å². The summed E-state index contributed by atoms with van der Waals surface area (Å²) in [5.41, 5.74) is 1.73. The van der Waals surface area contributed by atoms with Gasteiger partial charge in [0.2, 0.25) is 11.8 Å². The molecule has 2 amide bonds. The van der Waals surface area contributed by atoms with Crippen LogP contribution in [0.2, 0.25) is 0 Å². The van der Waals surface area contributed by atoms with Crippen molar-refractivity contribution >= 4 is 17.5 Å². The van der Waals surface area contributed by atoms with Crippen molar-refractivity contribution in [1.82, 2.24) is 15.2 Å². The summed E-state index contributed by atoms with van der Waals surface area (Å²) in [6.07, 6.45) is 3.76. The lowest BCUT2D eigenvalue weighted by Crippen LogP contribution is -2.50. The average molecular weight is 380 g/mol. The molecule has 0 spiro atoms. The highest BCUT2D eigenvalue weighted by Gasteiger charge is 2.40. The summed E-state index contributed by atoms with van der Waals surface area (Å²) in [5.74, 6) is 0.269. The van der Waals surface area contributed by atoms with E-state index in [1.54, 1.807) is 24.4 Å². The normalized spacial score (nSPS) is 22.4. The summed E-state index contributed by atoms with van der Waals surface area (Å²) in [6.45, 7) is 2.44. The molecular weight excluding hydrogens is 356 g/mol. The number of methoxy groups -OCH3 is 1. The maximum atomic E-state index is 13.3. The first kappa shape index (κ1) is 18.4. The van der Waals surface area contributed by atoms with E-state index in [9.17, 15) is 9.59 Å². The number of rotatable bonds is 4. The molecule has 0 aliphatic carbocycles. The van der Waals surface area contributed by atoms with Crippen LogP contribution >= 0.6 is 0 Å². The van der Waals surface area contributed by atoms with Crippen LogP contribution in [-0.4, -0.2) is 55.0 Å². The van der Waals surface area contributed by atoms with E-state index in [1.165, 1.54) is 0 Å². The standard InChI is InChI=1S/C21H24N4O3/c1-28-19-7-3-2-6-17(19)25-14-16(11-20(25)26)21(27)24-10-9-23-13-18(24)15-5-4-8-22-12-15/h2-8,12,16,18,23H,9-11,13-14H2,1H3. The fraction of sp³-hybridized carbons (Fsp3) is 0.381. The Balaban J connectivity index is 1.54. The Bertz CT molecular complexity index is 858. The minimum atomic E-state index is -0.352. The molecule has 2 aliphatic heterocycles. The summed E-state index contributed by atoms with van der Waals surface area (Å²) in [6, 6.07) is 11.2. The van der Waals surface area contributed by atoms with Gasteiger partial charge in [-0.2, -0.15) is 0 Å². The molecule has 4 rings (SSSR count). The monoisotopic (exact) mass is 380 g/mol. The molecule has 146 valence electrons. The van der Waals surface area contributed by atoms with Crippen LogP contribution < -0.4 is 15.0 Å².